The highest BCUT2D eigenvalue weighted by Crippen LogP contribution is 2.44. The Morgan fingerprint density at radius 3 is 1.54 bits per heavy atom. The van der Waals surface area contributed by atoms with Crippen molar-refractivity contribution in [2.24, 2.45) is 0 Å². The number of hydrogen-bond acceptors (Lipinski definition) is 11. The number of hydrogen-bond donors (Lipinski definition) is 0. The molecule has 0 fully saturated rings. The van der Waals surface area contributed by atoms with Crippen LogP contribution < -0.4 is 28.4 Å². The average Bonchev–Trinajstić information content (AvgIpc) is 3.16. The van der Waals surface area contributed by atoms with E-state index in [-0.39, 0.29) is 36.9 Å². The minimum Gasteiger partial charge on any atom is -0.493 e. The Hall–Kier alpha value is -4.64. The van der Waals surface area contributed by atoms with Gasteiger partial charge in [-0.1, -0.05) is 12.1 Å². The van der Waals surface area contributed by atoms with E-state index >= 15 is 0 Å². The first-order valence-corrected chi connectivity index (χ1v) is 18.0. The lowest BCUT2D eigenvalue weighted by atomic mass is 9.81. The lowest BCUT2D eigenvalue weighted by Crippen LogP contribution is -2.43. The zero-order valence-corrected chi connectivity index (χ0v) is 31.6. The number of ether oxygens (including phenoxy) is 8. The molecule has 0 aliphatic carbocycles. The van der Waals surface area contributed by atoms with Gasteiger partial charge >= 0.3 is 11.9 Å². The fourth-order valence-corrected chi connectivity index (χ4v) is 7.57. The standard InChI is InChI=1S/C41H53NO10/c1-42-29-21-26-11-15-34(45-2)40(49-6)30(26)13-17-38(43)51-19-9-8-10-20-52-39(44)18-14-31-27(12-16-35(46-3)41(31)50-7)23-33(42)32-25-37(48-5)36(47-4)24-28(32)22-29/h11-12,15-16,24-25,29,33H,8-10,13-14,17-23H2,1-7H3/t29?,33-/m1/s1. The number of carbonyl (C=O) groups is 2. The van der Waals surface area contributed by atoms with Gasteiger partial charge in [0.05, 0.1) is 55.9 Å². The molecule has 2 aliphatic rings. The number of methoxy groups -OCH3 is 6. The minimum absolute atomic E-state index is 0.0656. The molecule has 11 nitrogen and oxygen atoms in total. The summed E-state index contributed by atoms with van der Waals surface area (Å²) in [5.41, 5.74) is 6.29. The van der Waals surface area contributed by atoms with E-state index in [0.717, 1.165) is 46.2 Å². The van der Waals surface area contributed by atoms with Crippen LogP contribution in [0.5, 0.6) is 34.5 Å². The summed E-state index contributed by atoms with van der Waals surface area (Å²) in [7, 11) is 12.0. The molecule has 0 radical (unpaired) electrons. The molecule has 0 amide bonds. The van der Waals surface area contributed by atoms with Crippen LogP contribution in [0.2, 0.25) is 0 Å². The monoisotopic (exact) mass is 719 g/mol. The third-order valence-electron chi connectivity index (χ3n) is 10.4. The van der Waals surface area contributed by atoms with E-state index in [9.17, 15) is 9.59 Å². The Morgan fingerprint density at radius 2 is 1.04 bits per heavy atom. The topological polar surface area (TPSA) is 111 Å². The van der Waals surface area contributed by atoms with Crippen molar-refractivity contribution in [2.45, 2.75) is 76.3 Å². The molecule has 0 saturated carbocycles. The second-order valence-electron chi connectivity index (χ2n) is 13.2. The smallest absolute Gasteiger partial charge is 0.306 e. The van der Waals surface area contributed by atoms with Gasteiger partial charge in [-0.3, -0.25) is 14.5 Å². The lowest BCUT2D eigenvalue weighted by molar-refractivity contribution is -0.144. The number of carbonyl (C=O) groups excluding carboxylic acids is 2. The van der Waals surface area contributed by atoms with Crippen LogP contribution in [0.25, 0.3) is 0 Å². The highest BCUT2D eigenvalue weighted by atomic mass is 16.5. The summed E-state index contributed by atoms with van der Waals surface area (Å²) in [5.74, 6) is 3.28. The summed E-state index contributed by atoms with van der Waals surface area (Å²) in [6, 6.07) is 12.2. The van der Waals surface area contributed by atoms with Crippen molar-refractivity contribution >= 4 is 11.9 Å². The molecule has 2 heterocycles. The van der Waals surface area contributed by atoms with Gasteiger partial charge in [-0.2, -0.15) is 0 Å². The van der Waals surface area contributed by atoms with Gasteiger partial charge in [-0.15, -0.1) is 0 Å². The Labute approximate surface area is 307 Å². The molecular formula is C41H53NO10. The molecule has 11 heteroatoms. The molecule has 2 bridgehead atoms. The van der Waals surface area contributed by atoms with Gasteiger partial charge < -0.3 is 37.9 Å². The number of cyclic esters (lactones) is 2. The highest BCUT2D eigenvalue weighted by Gasteiger charge is 2.35. The predicted molar refractivity (Wildman–Crippen MR) is 196 cm³/mol. The van der Waals surface area contributed by atoms with Gasteiger partial charge in [0.15, 0.2) is 34.5 Å². The molecule has 52 heavy (non-hydrogen) atoms. The Kier molecular flexibility index (Phi) is 13.5. The summed E-state index contributed by atoms with van der Waals surface area (Å²) in [4.78, 5) is 28.2. The molecule has 0 spiro atoms. The molecule has 2 atom stereocenters. The van der Waals surface area contributed by atoms with Crippen molar-refractivity contribution in [3.8, 4) is 34.5 Å². The highest BCUT2D eigenvalue weighted by molar-refractivity contribution is 5.71. The predicted octanol–water partition coefficient (Wildman–Crippen LogP) is 6.26. The number of rotatable bonds is 6. The molecule has 2 aliphatic heterocycles. The van der Waals surface area contributed by atoms with Crippen LogP contribution in [-0.2, 0) is 51.2 Å². The van der Waals surface area contributed by atoms with Gasteiger partial charge in [-0.05, 0) is 105 Å². The molecule has 3 aromatic rings. The van der Waals surface area contributed by atoms with E-state index in [2.05, 4.69) is 36.2 Å². The van der Waals surface area contributed by atoms with Crippen LogP contribution in [0.3, 0.4) is 0 Å². The van der Waals surface area contributed by atoms with Crippen LogP contribution in [0.1, 0.15) is 71.5 Å². The van der Waals surface area contributed by atoms with E-state index in [1.807, 2.05) is 12.1 Å². The van der Waals surface area contributed by atoms with E-state index in [4.69, 9.17) is 37.9 Å². The molecular weight excluding hydrogens is 666 g/mol. The third-order valence-corrected chi connectivity index (χ3v) is 10.4. The van der Waals surface area contributed by atoms with Crippen molar-refractivity contribution in [3.05, 3.63) is 69.8 Å². The molecule has 1 unspecified atom stereocenters. The SMILES string of the molecule is COc1cc2c(cc1OC)[C@H]1Cc3ccc(OC)c(OC)c3CCC(=O)OCCCCCOC(=O)CCc3c(ccc(OC)c3OC)CC(C2)N1C. The first-order chi connectivity index (χ1) is 25.3. The van der Waals surface area contributed by atoms with E-state index in [0.29, 0.717) is 86.2 Å². The molecule has 5 rings (SSSR count). The van der Waals surface area contributed by atoms with E-state index < -0.39 is 0 Å². The Balaban J connectivity index is 1.62. The van der Waals surface area contributed by atoms with Gasteiger partial charge in [0, 0.05) is 36.1 Å². The molecule has 282 valence electrons. The van der Waals surface area contributed by atoms with Crippen molar-refractivity contribution in [1.82, 2.24) is 4.90 Å². The number of benzene rings is 3. The molecule has 0 N–H and O–H groups in total. The normalized spacial score (nSPS) is 19.2. The van der Waals surface area contributed by atoms with Crippen LogP contribution in [-0.4, -0.2) is 85.8 Å². The van der Waals surface area contributed by atoms with Crippen molar-refractivity contribution < 1.29 is 47.5 Å². The van der Waals surface area contributed by atoms with Crippen molar-refractivity contribution in [3.63, 3.8) is 0 Å². The third kappa shape index (κ3) is 8.69. The lowest BCUT2D eigenvalue weighted by Gasteiger charge is -2.42. The number of fused-ring (bicyclic) bond motifs is 6. The number of esters is 2. The maximum atomic E-state index is 12.9. The summed E-state index contributed by atoms with van der Waals surface area (Å²) < 4.78 is 45.9. The molecule has 0 aromatic heterocycles. The van der Waals surface area contributed by atoms with Gasteiger partial charge in [-0.25, -0.2) is 0 Å². The zero-order valence-electron chi connectivity index (χ0n) is 31.6. The first kappa shape index (κ1) is 38.6. The van der Waals surface area contributed by atoms with E-state index in [1.54, 1.807) is 42.7 Å². The Bertz CT molecular complexity index is 1710. The van der Waals surface area contributed by atoms with Gasteiger partial charge in [0.1, 0.15) is 0 Å². The number of likely N-dealkylation sites (N-methyl/N-ethyl adjacent to an activating group) is 1. The van der Waals surface area contributed by atoms with Crippen LogP contribution in [0.15, 0.2) is 36.4 Å². The molecule has 3 aromatic carbocycles. The molecule has 0 saturated heterocycles. The van der Waals surface area contributed by atoms with E-state index in [1.165, 1.54) is 0 Å². The van der Waals surface area contributed by atoms with Crippen LogP contribution in [0.4, 0.5) is 0 Å². The van der Waals surface area contributed by atoms with Crippen LogP contribution in [0, 0.1) is 0 Å². The summed E-state index contributed by atoms with van der Waals surface area (Å²) in [6.45, 7) is 0.624. The second kappa shape index (κ2) is 18.2. The van der Waals surface area contributed by atoms with Crippen molar-refractivity contribution in [1.29, 1.82) is 0 Å². The van der Waals surface area contributed by atoms with Crippen LogP contribution >= 0.6 is 0 Å². The summed E-state index contributed by atoms with van der Waals surface area (Å²) in [5, 5.41) is 0. The average molecular weight is 720 g/mol. The van der Waals surface area contributed by atoms with Gasteiger partial charge in [0.25, 0.3) is 0 Å². The number of nitrogens with zero attached hydrogens (tertiary/aromatic N) is 1. The minimum atomic E-state index is -0.271. The zero-order chi connectivity index (χ0) is 37.2. The quantitative estimate of drug-likeness (QED) is 0.270. The maximum Gasteiger partial charge on any atom is 0.306 e. The summed E-state index contributed by atoms with van der Waals surface area (Å²) in [6.07, 6.45) is 5.50. The fraction of sp³-hybridized carbons (Fsp3) is 0.512. The van der Waals surface area contributed by atoms with Crippen molar-refractivity contribution in [2.75, 3.05) is 62.9 Å². The summed E-state index contributed by atoms with van der Waals surface area (Å²) >= 11 is 0. The Morgan fingerprint density at radius 1 is 0.558 bits per heavy atom. The fourth-order valence-electron chi connectivity index (χ4n) is 7.57. The first-order valence-electron chi connectivity index (χ1n) is 18.0. The van der Waals surface area contributed by atoms with Gasteiger partial charge in [0.2, 0.25) is 0 Å². The second-order valence-corrected chi connectivity index (χ2v) is 13.2. The maximum absolute atomic E-state index is 12.9. The largest absolute Gasteiger partial charge is 0.493 e.